The third kappa shape index (κ3) is 2.62. The molecule has 0 amide bonds. The van der Waals surface area contributed by atoms with E-state index < -0.39 is 5.66 Å². The Labute approximate surface area is 143 Å². The molecule has 1 aliphatic heterocycles. The molecule has 8 heteroatoms. The first-order chi connectivity index (χ1) is 10.4. The molecule has 2 aliphatic rings. The van der Waals surface area contributed by atoms with Crippen LogP contribution in [0, 0.1) is 0 Å². The standard InChI is InChI=1S/C14H16Cl3N5/c15-8-6-9(16)11(10(17)7-8)22-13(19)20-12(18)21-14(22)4-2-1-3-5-14/h6-7H,1-5H2,(H4,18,19,20,21). The first kappa shape index (κ1) is 15.7. The molecule has 1 spiro atoms. The van der Waals surface area contributed by atoms with Crippen molar-refractivity contribution in [2.75, 3.05) is 4.90 Å². The zero-order valence-electron chi connectivity index (χ0n) is 11.8. The molecule has 1 aliphatic carbocycles. The van der Waals surface area contributed by atoms with Crippen LogP contribution in [0.2, 0.25) is 15.1 Å². The molecular weight excluding hydrogens is 345 g/mol. The number of rotatable bonds is 1. The van der Waals surface area contributed by atoms with Crippen molar-refractivity contribution in [3.8, 4) is 0 Å². The van der Waals surface area contributed by atoms with Crippen LogP contribution >= 0.6 is 34.8 Å². The molecule has 1 heterocycles. The van der Waals surface area contributed by atoms with Crippen molar-refractivity contribution in [1.29, 1.82) is 0 Å². The maximum Gasteiger partial charge on any atom is 0.220 e. The fourth-order valence-electron chi connectivity index (χ4n) is 3.19. The molecular formula is C14H16Cl3N5. The number of guanidine groups is 2. The van der Waals surface area contributed by atoms with Crippen molar-refractivity contribution in [2.45, 2.75) is 37.8 Å². The van der Waals surface area contributed by atoms with Crippen LogP contribution in [-0.4, -0.2) is 17.6 Å². The summed E-state index contributed by atoms with van der Waals surface area (Å²) in [4.78, 5) is 10.5. The van der Waals surface area contributed by atoms with E-state index in [2.05, 4.69) is 9.98 Å². The molecule has 0 radical (unpaired) electrons. The van der Waals surface area contributed by atoms with E-state index in [9.17, 15) is 0 Å². The second-order valence-corrected chi connectivity index (χ2v) is 6.79. The monoisotopic (exact) mass is 359 g/mol. The van der Waals surface area contributed by atoms with E-state index in [0.717, 1.165) is 32.1 Å². The van der Waals surface area contributed by atoms with Gasteiger partial charge in [-0.05, 0) is 37.8 Å². The second kappa shape index (κ2) is 5.80. The van der Waals surface area contributed by atoms with Crippen LogP contribution < -0.4 is 16.4 Å². The lowest BCUT2D eigenvalue weighted by molar-refractivity contribution is 0.305. The van der Waals surface area contributed by atoms with Gasteiger partial charge in [-0.1, -0.05) is 41.2 Å². The highest BCUT2D eigenvalue weighted by Gasteiger charge is 2.44. The SMILES string of the molecule is NC1=NC2(CCCCC2)N(c2c(Cl)cc(Cl)cc2Cl)C(N)=N1. The van der Waals surface area contributed by atoms with Crippen LogP contribution in [0.1, 0.15) is 32.1 Å². The van der Waals surface area contributed by atoms with E-state index in [1.54, 1.807) is 12.1 Å². The summed E-state index contributed by atoms with van der Waals surface area (Å²) in [7, 11) is 0. The minimum Gasteiger partial charge on any atom is -0.369 e. The third-order valence-corrected chi connectivity index (χ3v) is 4.85. The maximum absolute atomic E-state index is 6.37. The minimum absolute atomic E-state index is 0.192. The lowest BCUT2D eigenvalue weighted by Gasteiger charge is -2.46. The van der Waals surface area contributed by atoms with Gasteiger partial charge in [0.25, 0.3) is 0 Å². The quantitative estimate of drug-likeness (QED) is 0.800. The van der Waals surface area contributed by atoms with Gasteiger partial charge in [0.2, 0.25) is 11.9 Å². The number of benzene rings is 1. The topological polar surface area (TPSA) is 80.0 Å². The lowest BCUT2D eigenvalue weighted by Crippen LogP contribution is -2.58. The van der Waals surface area contributed by atoms with E-state index >= 15 is 0 Å². The van der Waals surface area contributed by atoms with E-state index in [1.807, 2.05) is 4.90 Å². The largest absolute Gasteiger partial charge is 0.369 e. The number of hydrogen-bond acceptors (Lipinski definition) is 5. The van der Waals surface area contributed by atoms with Crippen molar-refractivity contribution >= 4 is 52.4 Å². The van der Waals surface area contributed by atoms with E-state index in [1.165, 1.54) is 0 Å². The molecule has 5 nitrogen and oxygen atoms in total. The van der Waals surface area contributed by atoms with Crippen LogP contribution in [0.5, 0.6) is 0 Å². The molecule has 0 saturated heterocycles. The van der Waals surface area contributed by atoms with Crippen molar-refractivity contribution in [3.05, 3.63) is 27.2 Å². The van der Waals surface area contributed by atoms with Crippen LogP contribution in [0.15, 0.2) is 22.1 Å². The van der Waals surface area contributed by atoms with Gasteiger partial charge in [0.15, 0.2) is 0 Å². The number of aliphatic imine (C=N–C) groups is 2. The molecule has 1 aromatic rings. The predicted molar refractivity (Wildman–Crippen MR) is 93.0 cm³/mol. The molecule has 3 rings (SSSR count). The van der Waals surface area contributed by atoms with E-state index in [0.29, 0.717) is 20.8 Å². The zero-order chi connectivity index (χ0) is 15.9. The van der Waals surface area contributed by atoms with E-state index in [4.69, 9.17) is 46.3 Å². The normalized spacial score (nSPS) is 20.8. The summed E-state index contributed by atoms with van der Waals surface area (Å²) < 4.78 is 0. The molecule has 0 unspecified atom stereocenters. The highest BCUT2D eigenvalue weighted by molar-refractivity contribution is 6.42. The van der Waals surface area contributed by atoms with Crippen LogP contribution in [0.4, 0.5) is 5.69 Å². The molecule has 1 saturated carbocycles. The number of nitrogens with two attached hydrogens (primary N) is 2. The Bertz CT molecular complexity index is 641. The van der Waals surface area contributed by atoms with Gasteiger partial charge in [-0.25, -0.2) is 4.99 Å². The summed E-state index contributed by atoms with van der Waals surface area (Å²) in [6.07, 6.45) is 4.86. The van der Waals surface area contributed by atoms with Gasteiger partial charge >= 0.3 is 0 Å². The minimum atomic E-state index is -0.574. The molecule has 0 bridgehead atoms. The first-order valence-electron chi connectivity index (χ1n) is 7.07. The van der Waals surface area contributed by atoms with Crippen molar-refractivity contribution < 1.29 is 0 Å². The summed E-state index contributed by atoms with van der Waals surface area (Å²) in [6.45, 7) is 0. The van der Waals surface area contributed by atoms with E-state index in [-0.39, 0.29) is 11.9 Å². The molecule has 4 N–H and O–H groups in total. The Morgan fingerprint density at radius 3 is 2.18 bits per heavy atom. The number of halogens is 3. The Morgan fingerprint density at radius 1 is 1.00 bits per heavy atom. The molecule has 0 atom stereocenters. The highest BCUT2D eigenvalue weighted by atomic mass is 35.5. The summed E-state index contributed by atoms with van der Waals surface area (Å²) in [6, 6.07) is 3.27. The molecule has 118 valence electrons. The third-order valence-electron chi connectivity index (χ3n) is 4.06. The molecule has 0 aromatic heterocycles. The Morgan fingerprint density at radius 2 is 1.59 bits per heavy atom. The summed E-state index contributed by atoms with van der Waals surface area (Å²) in [5, 5.41) is 1.29. The Kier molecular flexibility index (Phi) is 4.14. The number of hydrogen-bond donors (Lipinski definition) is 2. The van der Waals surface area contributed by atoms with Crippen molar-refractivity contribution in [2.24, 2.45) is 21.5 Å². The Hall–Kier alpha value is -1.17. The Balaban J connectivity index is 2.16. The summed E-state index contributed by atoms with van der Waals surface area (Å²) >= 11 is 18.7. The lowest BCUT2D eigenvalue weighted by atomic mass is 9.87. The van der Waals surface area contributed by atoms with Gasteiger partial charge in [0, 0.05) is 5.02 Å². The van der Waals surface area contributed by atoms with Crippen LogP contribution in [0.25, 0.3) is 0 Å². The fourth-order valence-corrected chi connectivity index (χ4v) is 4.18. The van der Waals surface area contributed by atoms with Gasteiger partial charge in [-0.15, -0.1) is 0 Å². The maximum atomic E-state index is 6.37. The van der Waals surface area contributed by atoms with Gasteiger partial charge in [0.1, 0.15) is 5.66 Å². The van der Waals surface area contributed by atoms with Gasteiger partial charge in [-0.2, -0.15) is 4.99 Å². The summed E-state index contributed by atoms with van der Waals surface area (Å²) in [5.41, 5.74) is 12.0. The zero-order valence-corrected chi connectivity index (χ0v) is 14.1. The number of nitrogens with zero attached hydrogens (tertiary/aromatic N) is 3. The van der Waals surface area contributed by atoms with Crippen molar-refractivity contribution in [3.63, 3.8) is 0 Å². The second-order valence-electron chi connectivity index (χ2n) is 5.54. The van der Waals surface area contributed by atoms with Gasteiger partial charge in [0.05, 0.1) is 15.7 Å². The smallest absolute Gasteiger partial charge is 0.220 e. The average molecular weight is 361 g/mol. The molecule has 1 fully saturated rings. The van der Waals surface area contributed by atoms with Crippen LogP contribution in [-0.2, 0) is 0 Å². The highest BCUT2D eigenvalue weighted by Crippen LogP contribution is 2.45. The predicted octanol–water partition coefficient (Wildman–Crippen LogP) is 3.76. The van der Waals surface area contributed by atoms with Gasteiger partial charge in [-0.3, -0.25) is 4.90 Å². The van der Waals surface area contributed by atoms with Crippen molar-refractivity contribution in [1.82, 2.24) is 0 Å². The molecule has 22 heavy (non-hydrogen) atoms. The number of anilines is 1. The van der Waals surface area contributed by atoms with Crippen LogP contribution in [0.3, 0.4) is 0 Å². The first-order valence-corrected chi connectivity index (χ1v) is 8.21. The van der Waals surface area contributed by atoms with Gasteiger partial charge < -0.3 is 11.5 Å². The average Bonchev–Trinajstić information content (AvgIpc) is 2.41. The fraction of sp³-hybridized carbons (Fsp3) is 0.429. The summed E-state index contributed by atoms with van der Waals surface area (Å²) in [5.74, 6) is 0.442. The molecule has 1 aromatic carbocycles.